The maximum Gasteiger partial charge on any atom is 0.272 e. The summed E-state index contributed by atoms with van der Waals surface area (Å²) < 4.78 is 1.61. The Labute approximate surface area is 171 Å². The van der Waals surface area contributed by atoms with Gasteiger partial charge in [-0.3, -0.25) is 19.1 Å². The molecule has 1 aromatic heterocycles. The van der Waals surface area contributed by atoms with Gasteiger partial charge in [0.2, 0.25) is 11.8 Å². The number of hydrogen-bond donors (Lipinski definition) is 0. The van der Waals surface area contributed by atoms with Crippen LogP contribution in [0.15, 0.2) is 6.07 Å². The molecule has 8 heteroatoms. The Hall–Kier alpha value is -2.38. The summed E-state index contributed by atoms with van der Waals surface area (Å²) in [4.78, 5) is 45.0. The monoisotopic (exact) mass is 401 g/mol. The molecule has 0 saturated carbocycles. The smallest absolute Gasteiger partial charge is 0.272 e. The van der Waals surface area contributed by atoms with E-state index in [1.54, 1.807) is 22.7 Å². The predicted molar refractivity (Wildman–Crippen MR) is 107 cm³/mol. The highest BCUT2D eigenvalue weighted by atomic mass is 16.2. The predicted octanol–water partition coefficient (Wildman–Crippen LogP) is 0.908. The second-order valence-electron chi connectivity index (χ2n) is 9.21. The van der Waals surface area contributed by atoms with E-state index in [-0.39, 0.29) is 29.6 Å². The molecule has 0 radical (unpaired) electrons. The summed E-state index contributed by atoms with van der Waals surface area (Å²) in [5.74, 6) is 0.0148. The molecule has 0 aliphatic carbocycles. The number of aryl methyl sites for hydroxylation is 2. The molecule has 3 aliphatic heterocycles. The van der Waals surface area contributed by atoms with Crippen LogP contribution in [0.25, 0.3) is 0 Å². The van der Waals surface area contributed by atoms with Crippen molar-refractivity contribution >= 4 is 17.7 Å². The molecule has 4 rings (SSSR count). The summed E-state index contributed by atoms with van der Waals surface area (Å²) in [6, 6.07) is 1.79. The second kappa shape index (κ2) is 7.15. The number of carbonyl (C=O) groups is 3. The van der Waals surface area contributed by atoms with Crippen molar-refractivity contribution in [3.05, 3.63) is 17.5 Å². The number of fused-ring (bicyclic) bond motifs is 1. The fourth-order valence-corrected chi connectivity index (χ4v) is 5.26. The number of rotatable bonds is 3. The molecule has 0 aromatic carbocycles. The van der Waals surface area contributed by atoms with E-state index in [0.717, 1.165) is 31.6 Å². The SMILES string of the molecule is Cc1cc(C(=O)N2C[C@@H]3CN(C(=O)C(C)C)C[C@]3(C(=O)N3CCCC3)C2)n(C)n1. The van der Waals surface area contributed by atoms with Crippen LogP contribution in [0.1, 0.15) is 42.9 Å². The van der Waals surface area contributed by atoms with Gasteiger partial charge in [-0.15, -0.1) is 0 Å². The van der Waals surface area contributed by atoms with E-state index in [1.165, 1.54) is 0 Å². The third kappa shape index (κ3) is 3.22. The van der Waals surface area contributed by atoms with E-state index in [2.05, 4.69) is 5.10 Å². The molecule has 3 fully saturated rings. The molecule has 0 N–H and O–H groups in total. The number of aromatic nitrogens is 2. The molecule has 4 heterocycles. The Morgan fingerprint density at radius 2 is 1.69 bits per heavy atom. The molecule has 29 heavy (non-hydrogen) atoms. The van der Waals surface area contributed by atoms with Gasteiger partial charge in [-0.2, -0.15) is 5.10 Å². The van der Waals surface area contributed by atoms with Gasteiger partial charge in [0.05, 0.1) is 11.1 Å². The average molecular weight is 402 g/mol. The lowest BCUT2D eigenvalue weighted by atomic mass is 9.79. The minimum atomic E-state index is -0.682. The lowest BCUT2D eigenvalue weighted by Crippen LogP contribution is -2.49. The number of likely N-dealkylation sites (tertiary alicyclic amines) is 3. The van der Waals surface area contributed by atoms with Gasteiger partial charge in [0.25, 0.3) is 5.91 Å². The average Bonchev–Trinajstić information content (AvgIpc) is 3.42. The van der Waals surface area contributed by atoms with Crippen molar-refractivity contribution in [1.82, 2.24) is 24.5 Å². The minimum absolute atomic E-state index is 0.0171. The molecule has 3 amide bonds. The van der Waals surface area contributed by atoms with Crippen molar-refractivity contribution in [2.24, 2.45) is 24.3 Å². The van der Waals surface area contributed by atoms with E-state index in [1.807, 2.05) is 30.6 Å². The lowest BCUT2D eigenvalue weighted by Gasteiger charge is -2.32. The Bertz CT molecular complexity index is 841. The summed E-state index contributed by atoms with van der Waals surface area (Å²) in [5, 5.41) is 4.29. The van der Waals surface area contributed by atoms with Crippen LogP contribution < -0.4 is 0 Å². The van der Waals surface area contributed by atoms with E-state index in [4.69, 9.17) is 0 Å². The van der Waals surface area contributed by atoms with Crippen molar-refractivity contribution in [3.8, 4) is 0 Å². The van der Waals surface area contributed by atoms with Gasteiger partial charge < -0.3 is 14.7 Å². The van der Waals surface area contributed by atoms with Gasteiger partial charge in [-0.05, 0) is 25.8 Å². The van der Waals surface area contributed by atoms with Crippen molar-refractivity contribution < 1.29 is 14.4 Å². The van der Waals surface area contributed by atoms with E-state index in [0.29, 0.717) is 31.9 Å². The minimum Gasteiger partial charge on any atom is -0.342 e. The zero-order valence-corrected chi connectivity index (χ0v) is 17.8. The molecule has 3 saturated heterocycles. The van der Waals surface area contributed by atoms with Gasteiger partial charge in [0.15, 0.2) is 0 Å². The maximum atomic E-state index is 13.6. The van der Waals surface area contributed by atoms with Crippen LogP contribution in [0.3, 0.4) is 0 Å². The van der Waals surface area contributed by atoms with Gasteiger partial charge in [0.1, 0.15) is 5.69 Å². The third-order valence-corrected chi connectivity index (χ3v) is 6.74. The lowest BCUT2D eigenvalue weighted by molar-refractivity contribution is -0.141. The summed E-state index contributed by atoms with van der Waals surface area (Å²) in [7, 11) is 1.77. The fraction of sp³-hybridized carbons (Fsp3) is 0.714. The third-order valence-electron chi connectivity index (χ3n) is 6.74. The van der Waals surface area contributed by atoms with Crippen LogP contribution in [-0.2, 0) is 16.6 Å². The largest absolute Gasteiger partial charge is 0.342 e. The topological polar surface area (TPSA) is 78.8 Å². The van der Waals surface area contributed by atoms with Crippen molar-refractivity contribution in [1.29, 1.82) is 0 Å². The van der Waals surface area contributed by atoms with Crippen molar-refractivity contribution in [2.45, 2.75) is 33.6 Å². The summed E-state index contributed by atoms with van der Waals surface area (Å²) in [5.41, 5.74) is 0.659. The first-order valence-corrected chi connectivity index (χ1v) is 10.6. The van der Waals surface area contributed by atoms with Gasteiger partial charge in [-0.1, -0.05) is 13.8 Å². The zero-order valence-electron chi connectivity index (χ0n) is 17.8. The summed E-state index contributed by atoms with van der Waals surface area (Å²) >= 11 is 0. The summed E-state index contributed by atoms with van der Waals surface area (Å²) in [6.45, 7) is 9.05. The quantitative estimate of drug-likeness (QED) is 0.754. The van der Waals surface area contributed by atoms with E-state index in [9.17, 15) is 14.4 Å². The van der Waals surface area contributed by atoms with E-state index < -0.39 is 5.41 Å². The number of carbonyl (C=O) groups excluding carboxylic acids is 3. The first-order valence-electron chi connectivity index (χ1n) is 10.6. The standard InChI is InChI=1S/C21H31N5O3/c1-14(2)18(27)25-10-16-11-26(19(28)17-9-15(3)22-23(17)4)13-21(16,12-25)20(29)24-7-5-6-8-24/h9,14,16H,5-8,10-13H2,1-4H3/t16-,21-/m0/s1. The van der Waals surface area contributed by atoms with Crippen LogP contribution in [-0.4, -0.2) is 81.5 Å². The normalized spacial score (nSPS) is 26.5. The van der Waals surface area contributed by atoms with E-state index >= 15 is 0 Å². The Balaban J connectivity index is 1.61. The molecule has 2 atom stereocenters. The molecule has 3 aliphatic rings. The molecule has 0 bridgehead atoms. The molecule has 0 spiro atoms. The molecule has 8 nitrogen and oxygen atoms in total. The van der Waals surface area contributed by atoms with Gasteiger partial charge >= 0.3 is 0 Å². The van der Waals surface area contributed by atoms with Crippen molar-refractivity contribution in [2.75, 3.05) is 39.3 Å². The van der Waals surface area contributed by atoms with Gasteiger partial charge in [0, 0.05) is 58.2 Å². The molecular formula is C21H31N5O3. The Morgan fingerprint density at radius 3 is 2.28 bits per heavy atom. The molecule has 0 unspecified atom stereocenters. The number of hydrogen-bond acceptors (Lipinski definition) is 4. The van der Waals surface area contributed by atoms with Crippen LogP contribution in [0.4, 0.5) is 0 Å². The number of amides is 3. The number of nitrogens with zero attached hydrogens (tertiary/aromatic N) is 5. The highest BCUT2D eigenvalue weighted by Crippen LogP contribution is 2.45. The van der Waals surface area contributed by atoms with Crippen LogP contribution in [0.2, 0.25) is 0 Å². The Morgan fingerprint density at radius 1 is 1.07 bits per heavy atom. The van der Waals surface area contributed by atoms with Gasteiger partial charge in [-0.25, -0.2) is 0 Å². The van der Waals surface area contributed by atoms with Crippen LogP contribution >= 0.6 is 0 Å². The van der Waals surface area contributed by atoms with Crippen LogP contribution in [0.5, 0.6) is 0 Å². The molecule has 158 valence electrons. The Kier molecular flexibility index (Phi) is 4.91. The fourth-order valence-electron chi connectivity index (χ4n) is 5.26. The molecular weight excluding hydrogens is 370 g/mol. The maximum absolute atomic E-state index is 13.6. The first-order chi connectivity index (χ1) is 13.7. The highest BCUT2D eigenvalue weighted by Gasteiger charge is 2.60. The molecule has 1 aromatic rings. The van der Waals surface area contributed by atoms with Crippen molar-refractivity contribution in [3.63, 3.8) is 0 Å². The van der Waals surface area contributed by atoms with Crippen LogP contribution in [0, 0.1) is 24.2 Å². The highest BCUT2D eigenvalue weighted by molar-refractivity contribution is 5.95. The summed E-state index contributed by atoms with van der Waals surface area (Å²) in [6.07, 6.45) is 2.05. The first kappa shape index (κ1) is 19.9. The zero-order chi connectivity index (χ0) is 20.9. The second-order valence-corrected chi connectivity index (χ2v) is 9.21.